The van der Waals surface area contributed by atoms with Crippen molar-refractivity contribution in [3.63, 3.8) is 0 Å². The molecule has 0 amide bonds. The van der Waals surface area contributed by atoms with Crippen LogP contribution >= 0.6 is 23.2 Å². The van der Waals surface area contributed by atoms with Gasteiger partial charge in [0.15, 0.2) is 11.0 Å². The fraction of sp³-hybridized carbons (Fsp3) is 0.158. The van der Waals surface area contributed by atoms with Gasteiger partial charge in [0.25, 0.3) is 0 Å². The van der Waals surface area contributed by atoms with Gasteiger partial charge in [0.1, 0.15) is 11.5 Å². The molecule has 3 rings (SSSR count). The number of rotatable bonds is 5. The molecule has 26 heavy (non-hydrogen) atoms. The van der Waals surface area contributed by atoms with E-state index < -0.39 is 5.97 Å². The van der Waals surface area contributed by atoms with Crippen molar-refractivity contribution in [3.8, 4) is 17.1 Å². The molecule has 0 aliphatic heterocycles. The van der Waals surface area contributed by atoms with Gasteiger partial charge in [-0.1, -0.05) is 29.3 Å². The number of fused-ring (bicyclic) bond motifs is 1. The van der Waals surface area contributed by atoms with Crippen LogP contribution < -0.4 is 10.2 Å². The quantitative estimate of drug-likeness (QED) is 0.665. The van der Waals surface area contributed by atoms with Crippen LogP contribution in [0.4, 0.5) is 0 Å². The first kappa shape index (κ1) is 18.3. The van der Waals surface area contributed by atoms with Crippen LogP contribution in [-0.2, 0) is 4.79 Å². The Hall–Kier alpha value is -2.50. The minimum absolute atomic E-state index is 0.0414. The summed E-state index contributed by atoms with van der Waals surface area (Å²) in [5.74, 6) is -0.383. The minimum atomic E-state index is -0.978. The summed E-state index contributed by atoms with van der Waals surface area (Å²) in [5, 5.41) is 9.93. The van der Waals surface area contributed by atoms with Gasteiger partial charge in [0.2, 0.25) is 0 Å². The second kappa shape index (κ2) is 7.40. The molecule has 1 heterocycles. The Bertz CT molecular complexity index is 1060. The van der Waals surface area contributed by atoms with Crippen molar-refractivity contribution in [1.29, 1.82) is 0 Å². The minimum Gasteiger partial charge on any atom is -0.492 e. The number of para-hydroxylation sites is 1. The Morgan fingerprint density at radius 1 is 1.19 bits per heavy atom. The maximum atomic E-state index is 12.4. The molecule has 1 N–H and O–H groups in total. The van der Waals surface area contributed by atoms with E-state index in [0.717, 1.165) is 5.56 Å². The fourth-order valence-electron chi connectivity index (χ4n) is 2.50. The molecule has 134 valence electrons. The van der Waals surface area contributed by atoms with Crippen LogP contribution in [0.1, 0.15) is 12.0 Å². The Morgan fingerprint density at radius 2 is 1.96 bits per heavy atom. The van der Waals surface area contributed by atoms with E-state index in [1.54, 1.807) is 37.3 Å². The molecule has 5 nitrogen and oxygen atoms in total. The molecule has 0 unspecified atom stereocenters. The molecule has 2 aromatic carbocycles. The van der Waals surface area contributed by atoms with Crippen molar-refractivity contribution in [2.24, 2.45) is 0 Å². The third-order valence-corrected chi connectivity index (χ3v) is 4.51. The first-order valence-electron chi connectivity index (χ1n) is 7.74. The highest BCUT2D eigenvalue weighted by Gasteiger charge is 2.16. The average molecular weight is 393 g/mol. The van der Waals surface area contributed by atoms with Crippen LogP contribution in [-0.4, -0.2) is 17.7 Å². The first-order chi connectivity index (χ1) is 12.4. The van der Waals surface area contributed by atoms with Gasteiger partial charge in [-0.05, 0) is 36.8 Å². The van der Waals surface area contributed by atoms with Crippen LogP contribution in [0.5, 0.6) is 5.75 Å². The molecule has 0 saturated carbocycles. The molecule has 0 radical (unpaired) electrons. The van der Waals surface area contributed by atoms with Gasteiger partial charge >= 0.3 is 5.97 Å². The van der Waals surface area contributed by atoms with E-state index in [9.17, 15) is 9.59 Å². The second-order valence-corrected chi connectivity index (χ2v) is 6.50. The van der Waals surface area contributed by atoms with Gasteiger partial charge in [0, 0.05) is 11.1 Å². The van der Waals surface area contributed by atoms with E-state index in [4.69, 9.17) is 37.5 Å². The normalized spacial score (nSPS) is 10.9. The van der Waals surface area contributed by atoms with E-state index in [1.807, 2.05) is 0 Å². The first-order valence-corrected chi connectivity index (χ1v) is 8.50. The van der Waals surface area contributed by atoms with Crippen molar-refractivity contribution in [2.45, 2.75) is 13.3 Å². The third-order valence-electron chi connectivity index (χ3n) is 3.81. The highest BCUT2D eigenvalue weighted by atomic mass is 35.5. The lowest BCUT2D eigenvalue weighted by Gasteiger charge is -2.13. The lowest BCUT2D eigenvalue weighted by atomic mass is 10.1. The monoisotopic (exact) mass is 392 g/mol. The van der Waals surface area contributed by atoms with Crippen molar-refractivity contribution in [2.75, 3.05) is 6.61 Å². The summed E-state index contributed by atoms with van der Waals surface area (Å²) in [7, 11) is 0. The number of carboxylic acids is 1. The predicted molar refractivity (Wildman–Crippen MR) is 100 cm³/mol. The van der Waals surface area contributed by atoms with Gasteiger partial charge in [0.05, 0.1) is 29.0 Å². The molecule has 0 saturated heterocycles. The Balaban J connectivity index is 2.15. The summed E-state index contributed by atoms with van der Waals surface area (Å²) < 4.78 is 11.4. The lowest BCUT2D eigenvalue weighted by molar-refractivity contribution is -0.137. The zero-order valence-corrected chi connectivity index (χ0v) is 15.2. The van der Waals surface area contributed by atoms with Gasteiger partial charge in [-0.3, -0.25) is 9.59 Å². The number of hydrogen-bond acceptors (Lipinski definition) is 4. The predicted octanol–water partition coefficient (Wildman–Crippen LogP) is 4.93. The van der Waals surface area contributed by atoms with Crippen LogP contribution in [0, 0.1) is 6.92 Å². The zero-order chi connectivity index (χ0) is 18.8. The molecule has 0 bridgehead atoms. The van der Waals surface area contributed by atoms with E-state index in [-0.39, 0.29) is 29.8 Å². The van der Waals surface area contributed by atoms with Gasteiger partial charge < -0.3 is 14.3 Å². The van der Waals surface area contributed by atoms with Crippen molar-refractivity contribution >= 4 is 40.1 Å². The summed E-state index contributed by atoms with van der Waals surface area (Å²) >= 11 is 12.3. The van der Waals surface area contributed by atoms with Crippen LogP contribution in [0.25, 0.3) is 22.3 Å². The van der Waals surface area contributed by atoms with Crippen molar-refractivity contribution in [3.05, 3.63) is 62.2 Å². The van der Waals surface area contributed by atoms with E-state index in [0.29, 0.717) is 26.7 Å². The van der Waals surface area contributed by atoms with Gasteiger partial charge in [-0.2, -0.15) is 0 Å². The molecule has 1 aromatic heterocycles. The second-order valence-electron chi connectivity index (χ2n) is 5.68. The maximum Gasteiger partial charge on any atom is 0.306 e. The number of benzene rings is 2. The van der Waals surface area contributed by atoms with E-state index in [2.05, 4.69) is 0 Å². The summed E-state index contributed by atoms with van der Waals surface area (Å²) in [4.78, 5) is 23.1. The number of aliphatic carboxylic acids is 1. The molecule has 3 aromatic rings. The number of aryl methyl sites for hydroxylation is 1. The Kier molecular flexibility index (Phi) is 5.20. The number of halogens is 2. The number of ether oxygens (including phenoxy) is 1. The van der Waals surface area contributed by atoms with E-state index in [1.165, 1.54) is 6.07 Å². The number of hydrogen-bond donors (Lipinski definition) is 1. The maximum absolute atomic E-state index is 12.4. The summed E-state index contributed by atoms with van der Waals surface area (Å²) in [6.45, 7) is 1.76. The SMILES string of the molecule is Cc1cc(-c2cc(=O)c3cccc(Cl)c3o2)c(OCCC(=O)O)cc1Cl. The number of carbonyl (C=O) groups is 1. The van der Waals surface area contributed by atoms with Crippen molar-refractivity contribution in [1.82, 2.24) is 0 Å². The van der Waals surface area contributed by atoms with E-state index >= 15 is 0 Å². The molecule has 0 aliphatic carbocycles. The molecule has 7 heteroatoms. The van der Waals surface area contributed by atoms with Crippen LogP contribution in [0.2, 0.25) is 10.0 Å². The molecular formula is C19H14Cl2O5. The molecule has 0 fully saturated rings. The lowest BCUT2D eigenvalue weighted by Crippen LogP contribution is -2.06. The Labute approximate surface area is 158 Å². The average Bonchev–Trinajstić information content (AvgIpc) is 2.58. The largest absolute Gasteiger partial charge is 0.492 e. The van der Waals surface area contributed by atoms with Gasteiger partial charge in [-0.25, -0.2) is 0 Å². The molecular weight excluding hydrogens is 379 g/mol. The summed E-state index contributed by atoms with van der Waals surface area (Å²) in [6, 6.07) is 9.59. The Morgan fingerprint density at radius 3 is 2.69 bits per heavy atom. The summed E-state index contributed by atoms with van der Waals surface area (Å²) in [5.41, 5.74) is 1.29. The van der Waals surface area contributed by atoms with Crippen molar-refractivity contribution < 1.29 is 19.1 Å². The third kappa shape index (κ3) is 3.69. The highest BCUT2D eigenvalue weighted by molar-refractivity contribution is 6.34. The molecule has 0 aliphatic rings. The van der Waals surface area contributed by atoms with Crippen LogP contribution in [0.15, 0.2) is 45.6 Å². The fourth-order valence-corrected chi connectivity index (χ4v) is 2.87. The standard InChI is InChI=1S/C19H14Cl2O5/c1-10-7-12(16(8-14(10)21)25-6-5-18(23)24)17-9-15(22)11-3-2-4-13(20)19(11)26-17/h2-4,7-9H,5-6H2,1H3,(H,23,24). The summed E-state index contributed by atoms with van der Waals surface area (Å²) in [6.07, 6.45) is -0.168. The number of carboxylic acid groups (broad SMARTS) is 1. The molecule has 0 atom stereocenters. The topological polar surface area (TPSA) is 76.7 Å². The highest BCUT2D eigenvalue weighted by Crippen LogP contribution is 2.36. The van der Waals surface area contributed by atoms with Crippen LogP contribution in [0.3, 0.4) is 0 Å². The van der Waals surface area contributed by atoms with Gasteiger partial charge in [-0.15, -0.1) is 0 Å². The zero-order valence-electron chi connectivity index (χ0n) is 13.7. The molecule has 0 spiro atoms. The smallest absolute Gasteiger partial charge is 0.306 e.